The average molecular weight is 445 g/mol. The molecule has 1 saturated heterocycles. The summed E-state index contributed by atoms with van der Waals surface area (Å²) in [4.78, 5) is 46.9. The standard InChI is InChI=1S/C26H28N4O3/c1-18-5-4-8-22-24(18)27-17-30(26(22)33)16-23(31)28-12-10-20(11-13-28)25(32)29-14-9-19-6-2-3-7-21(19)15-29/h2-8,17,20H,9-16H2,1H3. The van der Waals surface area contributed by atoms with Crippen LogP contribution in [0.15, 0.2) is 53.6 Å². The van der Waals surface area contributed by atoms with Gasteiger partial charge in [-0.15, -0.1) is 0 Å². The largest absolute Gasteiger partial charge is 0.341 e. The number of aryl methyl sites for hydroxylation is 1. The van der Waals surface area contributed by atoms with Crippen LogP contribution in [-0.4, -0.2) is 50.8 Å². The maximum absolute atomic E-state index is 13.1. The molecule has 2 aromatic carbocycles. The Balaban J connectivity index is 1.20. The van der Waals surface area contributed by atoms with E-state index in [9.17, 15) is 14.4 Å². The molecule has 5 rings (SSSR count). The second kappa shape index (κ2) is 8.81. The van der Waals surface area contributed by atoms with Gasteiger partial charge in [0.25, 0.3) is 5.56 Å². The van der Waals surface area contributed by atoms with Crippen LogP contribution in [-0.2, 0) is 29.1 Å². The van der Waals surface area contributed by atoms with Crippen LogP contribution in [0.4, 0.5) is 0 Å². The van der Waals surface area contributed by atoms with E-state index in [0.29, 0.717) is 43.4 Å². The van der Waals surface area contributed by atoms with Crippen LogP contribution in [0.1, 0.15) is 29.5 Å². The third kappa shape index (κ3) is 4.15. The zero-order valence-electron chi connectivity index (χ0n) is 18.9. The van der Waals surface area contributed by atoms with E-state index in [1.807, 2.05) is 36.1 Å². The first-order chi connectivity index (χ1) is 16.0. The Morgan fingerprint density at radius 1 is 0.970 bits per heavy atom. The number of hydrogen-bond acceptors (Lipinski definition) is 4. The van der Waals surface area contributed by atoms with E-state index in [4.69, 9.17) is 0 Å². The number of carbonyl (C=O) groups is 2. The molecular weight excluding hydrogens is 416 g/mol. The fraction of sp³-hybridized carbons (Fsp3) is 0.385. The molecule has 0 radical (unpaired) electrons. The van der Waals surface area contributed by atoms with Crippen LogP contribution >= 0.6 is 0 Å². The van der Waals surface area contributed by atoms with Gasteiger partial charge in [0.15, 0.2) is 0 Å². The van der Waals surface area contributed by atoms with Gasteiger partial charge in [-0.1, -0.05) is 36.4 Å². The number of para-hydroxylation sites is 1. The number of aromatic nitrogens is 2. The molecule has 2 aliphatic rings. The summed E-state index contributed by atoms with van der Waals surface area (Å²) in [5, 5.41) is 0.526. The minimum atomic E-state index is -0.201. The topological polar surface area (TPSA) is 75.5 Å². The van der Waals surface area contributed by atoms with E-state index in [2.05, 4.69) is 17.1 Å². The Hall–Kier alpha value is -3.48. The van der Waals surface area contributed by atoms with Crippen LogP contribution < -0.4 is 5.56 Å². The molecule has 3 aromatic rings. The summed E-state index contributed by atoms with van der Waals surface area (Å²) >= 11 is 0. The van der Waals surface area contributed by atoms with E-state index in [0.717, 1.165) is 18.5 Å². The van der Waals surface area contributed by atoms with Gasteiger partial charge in [0.05, 0.1) is 17.2 Å². The van der Waals surface area contributed by atoms with Gasteiger partial charge in [0, 0.05) is 32.1 Å². The van der Waals surface area contributed by atoms with Gasteiger partial charge >= 0.3 is 0 Å². The Kier molecular flexibility index (Phi) is 5.70. The van der Waals surface area contributed by atoms with E-state index < -0.39 is 0 Å². The first-order valence-electron chi connectivity index (χ1n) is 11.6. The minimum absolute atomic E-state index is 0.0305. The zero-order chi connectivity index (χ0) is 22.9. The van der Waals surface area contributed by atoms with Gasteiger partial charge in [0.2, 0.25) is 11.8 Å². The highest BCUT2D eigenvalue weighted by Crippen LogP contribution is 2.25. The lowest BCUT2D eigenvalue weighted by Gasteiger charge is -2.36. The van der Waals surface area contributed by atoms with Crippen molar-refractivity contribution in [3.05, 3.63) is 75.8 Å². The number of nitrogens with zero attached hydrogens (tertiary/aromatic N) is 4. The molecule has 0 unspecified atom stereocenters. The molecule has 0 spiro atoms. The Morgan fingerprint density at radius 3 is 2.52 bits per heavy atom. The summed E-state index contributed by atoms with van der Waals surface area (Å²) < 4.78 is 1.38. The number of hydrogen-bond donors (Lipinski definition) is 0. The normalized spacial score (nSPS) is 16.6. The number of likely N-dealkylation sites (tertiary alicyclic amines) is 1. The molecule has 2 aliphatic heterocycles. The summed E-state index contributed by atoms with van der Waals surface area (Å²) in [6, 6.07) is 13.8. The highest BCUT2D eigenvalue weighted by Gasteiger charge is 2.31. The fourth-order valence-corrected chi connectivity index (χ4v) is 5.01. The van der Waals surface area contributed by atoms with Crippen molar-refractivity contribution >= 4 is 22.7 Å². The third-order valence-electron chi connectivity index (χ3n) is 7.00. The van der Waals surface area contributed by atoms with E-state index in [1.165, 1.54) is 22.0 Å². The van der Waals surface area contributed by atoms with Crippen LogP contribution in [0.5, 0.6) is 0 Å². The molecule has 0 saturated carbocycles. The maximum atomic E-state index is 13.1. The molecule has 1 fully saturated rings. The molecule has 33 heavy (non-hydrogen) atoms. The van der Waals surface area contributed by atoms with Gasteiger partial charge in [-0.2, -0.15) is 0 Å². The number of carbonyl (C=O) groups excluding carboxylic acids is 2. The van der Waals surface area contributed by atoms with Gasteiger partial charge in [-0.25, -0.2) is 4.98 Å². The van der Waals surface area contributed by atoms with Crippen molar-refractivity contribution in [3.63, 3.8) is 0 Å². The van der Waals surface area contributed by atoms with Gasteiger partial charge in [-0.05, 0) is 48.9 Å². The molecule has 0 N–H and O–H groups in total. The first kappa shape index (κ1) is 21.4. The van der Waals surface area contributed by atoms with E-state index in [-0.39, 0.29) is 29.8 Å². The van der Waals surface area contributed by atoms with Crippen molar-refractivity contribution in [2.24, 2.45) is 5.92 Å². The second-order valence-electron chi connectivity index (χ2n) is 9.08. The van der Waals surface area contributed by atoms with Crippen LogP contribution in [0.25, 0.3) is 10.9 Å². The number of amides is 2. The number of fused-ring (bicyclic) bond motifs is 2. The quantitative estimate of drug-likeness (QED) is 0.622. The maximum Gasteiger partial charge on any atom is 0.261 e. The highest BCUT2D eigenvalue weighted by atomic mass is 16.2. The molecular formula is C26H28N4O3. The van der Waals surface area contributed by atoms with Gasteiger partial charge < -0.3 is 9.80 Å². The number of piperidine rings is 1. The Morgan fingerprint density at radius 2 is 1.73 bits per heavy atom. The molecule has 0 atom stereocenters. The fourth-order valence-electron chi connectivity index (χ4n) is 5.01. The van der Waals surface area contributed by atoms with Crippen molar-refractivity contribution in [1.29, 1.82) is 0 Å². The Labute approximate surface area is 192 Å². The van der Waals surface area contributed by atoms with E-state index in [1.54, 1.807) is 11.0 Å². The van der Waals surface area contributed by atoms with Crippen molar-refractivity contribution in [2.75, 3.05) is 19.6 Å². The van der Waals surface area contributed by atoms with Crippen molar-refractivity contribution in [1.82, 2.24) is 19.4 Å². The van der Waals surface area contributed by atoms with Crippen LogP contribution in [0.2, 0.25) is 0 Å². The monoisotopic (exact) mass is 444 g/mol. The van der Waals surface area contributed by atoms with Crippen molar-refractivity contribution < 1.29 is 9.59 Å². The molecule has 7 nitrogen and oxygen atoms in total. The zero-order valence-corrected chi connectivity index (χ0v) is 18.9. The lowest BCUT2D eigenvalue weighted by atomic mass is 9.93. The first-order valence-corrected chi connectivity index (χ1v) is 11.6. The van der Waals surface area contributed by atoms with E-state index >= 15 is 0 Å². The lowest BCUT2D eigenvalue weighted by Crippen LogP contribution is -2.46. The van der Waals surface area contributed by atoms with Crippen LogP contribution in [0.3, 0.4) is 0 Å². The summed E-state index contributed by atoms with van der Waals surface area (Å²) in [5.41, 5.74) is 3.97. The summed E-state index contributed by atoms with van der Waals surface area (Å²) in [6.45, 7) is 4.39. The predicted molar refractivity (Wildman–Crippen MR) is 126 cm³/mol. The lowest BCUT2D eigenvalue weighted by molar-refractivity contribution is -0.141. The number of benzene rings is 2. The minimum Gasteiger partial charge on any atom is -0.341 e. The summed E-state index contributed by atoms with van der Waals surface area (Å²) in [6.07, 6.45) is 3.67. The summed E-state index contributed by atoms with van der Waals surface area (Å²) in [7, 11) is 0. The third-order valence-corrected chi connectivity index (χ3v) is 7.00. The van der Waals surface area contributed by atoms with Gasteiger partial charge in [-0.3, -0.25) is 19.0 Å². The van der Waals surface area contributed by atoms with Gasteiger partial charge in [0.1, 0.15) is 6.54 Å². The molecule has 170 valence electrons. The number of rotatable bonds is 3. The van der Waals surface area contributed by atoms with Crippen molar-refractivity contribution in [3.8, 4) is 0 Å². The highest BCUT2D eigenvalue weighted by molar-refractivity contribution is 5.82. The summed E-state index contributed by atoms with van der Waals surface area (Å²) in [5.74, 6) is 0.0398. The average Bonchev–Trinajstić information content (AvgIpc) is 2.85. The second-order valence-corrected chi connectivity index (χ2v) is 9.08. The van der Waals surface area contributed by atoms with Crippen molar-refractivity contribution in [2.45, 2.75) is 39.3 Å². The SMILES string of the molecule is Cc1cccc2c(=O)n(CC(=O)N3CCC(C(=O)N4CCc5ccccc5C4)CC3)cnc12. The molecule has 2 amide bonds. The molecule has 3 heterocycles. The molecule has 1 aromatic heterocycles. The molecule has 0 bridgehead atoms. The predicted octanol–water partition coefficient (Wildman–Crippen LogP) is 2.53. The molecule has 7 heteroatoms. The Bertz CT molecular complexity index is 1270. The smallest absolute Gasteiger partial charge is 0.261 e. The molecule has 0 aliphatic carbocycles. The van der Waals surface area contributed by atoms with Crippen LogP contribution in [0, 0.1) is 12.8 Å².